The van der Waals surface area contributed by atoms with Gasteiger partial charge in [0.2, 0.25) is 11.8 Å². The number of amides is 2. The number of benzene rings is 1. The molecule has 1 aromatic rings. The predicted octanol–water partition coefficient (Wildman–Crippen LogP) is 0.868. The van der Waals surface area contributed by atoms with Gasteiger partial charge in [-0.15, -0.1) is 0 Å². The van der Waals surface area contributed by atoms with Crippen molar-refractivity contribution in [2.24, 2.45) is 5.41 Å². The van der Waals surface area contributed by atoms with Gasteiger partial charge in [-0.3, -0.25) is 9.59 Å². The Balaban J connectivity index is 1.61. The number of halogens is 1. The van der Waals surface area contributed by atoms with Gasteiger partial charge < -0.3 is 10.2 Å². The van der Waals surface area contributed by atoms with Crippen LogP contribution in [0.1, 0.15) is 24.8 Å². The van der Waals surface area contributed by atoms with Gasteiger partial charge in [0.25, 0.3) is 0 Å². The normalized spacial score (nSPS) is 23.0. The Labute approximate surface area is 146 Å². The Morgan fingerprint density at radius 3 is 2.44 bits per heavy atom. The van der Waals surface area contributed by atoms with Crippen LogP contribution in [0.2, 0.25) is 0 Å². The van der Waals surface area contributed by atoms with Crippen LogP contribution in [0, 0.1) is 11.2 Å². The molecule has 1 aromatic carbocycles. The van der Waals surface area contributed by atoms with Crippen LogP contribution >= 0.6 is 0 Å². The Morgan fingerprint density at radius 1 is 1.28 bits per heavy atom. The van der Waals surface area contributed by atoms with Crippen LogP contribution in [-0.4, -0.2) is 49.7 Å². The topological polar surface area (TPSA) is 83.6 Å². The molecule has 1 heterocycles. The first kappa shape index (κ1) is 17.8. The molecule has 0 bridgehead atoms. The highest BCUT2D eigenvalue weighted by atomic mass is 32.2. The minimum absolute atomic E-state index is 0.0392. The number of rotatable bonds is 5. The molecule has 25 heavy (non-hydrogen) atoms. The average molecular weight is 368 g/mol. The molecule has 1 unspecified atom stereocenters. The van der Waals surface area contributed by atoms with Crippen LogP contribution in [0.3, 0.4) is 0 Å². The van der Waals surface area contributed by atoms with Crippen molar-refractivity contribution in [1.82, 2.24) is 10.2 Å². The van der Waals surface area contributed by atoms with Crippen molar-refractivity contribution >= 4 is 21.7 Å². The van der Waals surface area contributed by atoms with Gasteiger partial charge in [0.15, 0.2) is 9.84 Å². The molecule has 6 nitrogen and oxygen atoms in total. The summed E-state index contributed by atoms with van der Waals surface area (Å²) in [5, 5.41) is 2.74. The summed E-state index contributed by atoms with van der Waals surface area (Å²) < 4.78 is 36.1. The van der Waals surface area contributed by atoms with Crippen molar-refractivity contribution in [2.45, 2.75) is 31.8 Å². The highest BCUT2D eigenvalue weighted by Crippen LogP contribution is 2.48. The number of sulfone groups is 1. The molecule has 1 saturated carbocycles. The number of carbonyl (C=O) groups is 2. The predicted molar refractivity (Wildman–Crippen MR) is 89.7 cm³/mol. The van der Waals surface area contributed by atoms with Gasteiger partial charge in [-0.05, 0) is 37.0 Å². The van der Waals surface area contributed by atoms with E-state index in [4.69, 9.17) is 0 Å². The third-order valence-corrected chi connectivity index (χ3v) is 6.79. The lowest BCUT2D eigenvalue weighted by Gasteiger charge is -2.27. The van der Waals surface area contributed by atoms with Crippen LogP contribution in [-0.2, 0) is 26.0 Å². The number of hydrogen-bond donors (Lipinski definition) is 1. The van der Waals surface area contributed by atoms with E-state index in [2.05, 4.69) is 5.32 Å². The van der Waals surface area contributed by atoms with Gasteiger partial charge >= 0.3 is 0 Å². The van der Waals surface area contributed by atoms with E-state index >= 15 is 0 Å². The second kappa shape index (κ2) is 6.40. The molecule has 136 valence electrons. The van der Waals surface area contributed by atoms with Crippen LogP contribution in [0.15, 0.2) is 24.3 Å². The largest absolute Gasteiger partial charge is 0.351 e. The first-order chi connectivity index (χ1) is 11.7. The highest BCUT2D eigenvalue weighted by molar-refractivity contribution is 7.91. The van der Waals surface area contributed by atoms with Gasteiger partial charge in [0.1, 0.15) is 11.2 Å². The quantitative estimate of drug-likeness (QED) is 0.782. The lowest BCUT2D eigenvalue weighted by atomic mass is 10.0. The molecule has 1 saturated heterocycles. The first-order valence-corrected chi connectivity index (χ1v) is 10.1. The van der Waals surface area contributed by atoms with Crippen LogP contribution in [0.25, 0.3) is 0 Å². The van der Waals surface area contributed by atoms with Gasteiger partial charge in [0.05, 0.1) is 11.5 Å². The monoisotopic (exact) mass is 368 g/mol. The standard InChI is InChI=1S/C17H21FN2O4S/c1-20(14-6-9-25(23,24)11-14)16(22)17(7-8-17)15(21)19-10-12-2-4-13(18)5-3-12/h2-5,14H,6-11H2,1H3,(H,19,21). The zero-order valence-electron chi connectivity index (χ0n) is 14.0. The molecule has 2 fully saturated rings. The maximum Gasteiger partial charge on any atom is 0.238 e. The number of nitrogens with zero attached hydrogens (tertiary/aromatic N) is 1. The third-order valence-electron chi connectivity index (χ3n) is 5.04. The van der Waals surface area contributed by atoms with Crippen molar-refractivity contribution in [3.63, 3.8) is 0 Å². The second-order valence-electron chi connectivity index (χ2n) is 6.86. The van der Waals surface area contributed by atoms with E-state index in [1.807, 2.05) is 0 Å². The first-order valence-electron chi connectivity index (χ1n) is 8.24. The number of carbonyl (C=O) groups excluding carboxylic acids is 2. The Morgan fingerprint density at radius 2 is 1.92 bits per heavy atom. The summed E-state index contributed by atoms with van der Waals surface area (Å²) in [7, 11) is -1.52. The minimum Gasteiger partial charge on any atom is -0.351 e. The summed E-state index contributed by atoms with van der Waals surface area (Å²) in [4.78, 5) is 26.7. The molecule has 2 aliphatic rings. The van der Waals surface area contributed by atoms with Gasteiger partial charge in [-0.25, -0.2) is 12.8 Å². The van der Waals surface area contributed by atoms with Crippen molar-refractivity contribution in [1.29, 1.82) is 0 Å². The Kier molecular flexibility index (Phi) is 4.57. The molecule has 0 spiro atoms. The molecular formula is C17H21FN2O4S. The van der Waals surface area contributed by atoms with E-state index in [-0.39, 0.29) is 41.7 Å². The summed E-state index contributed by atoms with van der Waals surface area (Å²) in [5.74, 6) is -0.973. The van der Waals surface area contributed by atoms with Crippen molar-refractivity contribution in [2.75, 3.05) is 18.6 Å². The molecule has 0 aromatic heterocycles. The van der Waals surface area contributed by atoms with Crippen LogP contribution in [0.5, 0.6) is 0 Å². The maximum absolute atomic E-state index is 12.9. The van der Waals surface area contributed by atoms with Crippen molar-refractivity contribution in [3.8, 4) is 0 Å². The van der Waals surface area contributed by atoms with E-state index in [1.54, 1.807) is 19.2 Å². The van der Waals surface area contributed by atoms with E-state index < -0.39 is 15.3 Å². The number of hydrogen-bond acceptors (Lipinski definition) is 4. The number of nitrogens with one attached hydrogen (secondary N) is 1. The van der Waals surface area contributed by atoms with E-state index in [0.29, 0.717) is 19.3 Å². The summed E-state index contributed by atoms with van der Waals surface area (Å²) in [6, 6.07) is 5.42. The van der Waals surface area contributed by atoms with Gasteiger partial charge in [-0.1, -0.05) is 12.1 Å². The fraction of sp³-hybridized carbons (Fsp3) is 0.529. The molecule has 0 radical (unpaired) electrons. The smallest absolute Gasteiger partial charge is 0.238 e. The lowest BCUT2D eigenvalue weighted by Crippen LogP contribution is -2.47. The molecular weight excluding hydrogens is 347 g/mol. The minimum atomic E-state index is -3.09. The fourth-order valence-electron chi connectivity index (χ4n) is 3.20. The van der Waals surface area contributed by atoms with Gasteiger partial charge in [-0.2, -0.15) is 0 Å². The average Bonchev–Trinajstić information content (AvgIpc) is 3.31. The summed E-state index contributed by atoms with van der Waals surface area (Å²) >= 11 is 0. The second-order valence-corrected chi connectivity index (χ2v) is 9.09. The molecule has 1 aliphatic carbocycles. The maximum atomic E-state index is 12.9. The summed E-state index contributed by atoms with van der Waals surface area (Å²) in [6.07, 6.45) is 1.34. The molecule has 2 amide bonds. The van der Waals surface area contributed by atoms with Crippen molar-refractivity contribution < 1.29 is 22.4 Å². The Bertz CT molecular complexity index is 787. The van der Waals surface area contributed by atoms with E-state index in [9.17, 15) is 22.4 Å². The molecule has 1 aliphatic heterocycles. The fourth-order valence-corrected chi connectivity index (χ4v) is 4.98. The molecule has 8 heteroatoms. The molecule has 3 rings (SSSR count). The molecule has 1 atom stereocenters. The van der Waals surface area contributed by atoms with Crippen molar-refractivity contribution in [3.05, 3.63) is 35.6 Å². The summed E-state index contributed by atoms with van der Waals surface area (Å²) in [5.41, 5.74) is -0.338. The van der Waals surface area contributed by atoms with Crippen LogP contribution in [0.4, 0.5) is 4.39 Å². The third kappa shape index (κ3) is 3.68. The summed E-state index contributed by atoms with van der Waals surface area (Å²) in [6.45, 7) is 0.218. The zero-order chi connectivity index (χ0) is 18.2. The van der Waals surface area contributed by atoms with E-state index in [1.165, 1.54) is 17.0 Å². The van der Waals surface area contributed by atoms with Gasteiger partial charge in [0, 0.05) is 19.6 Å². The Hall–Kier alpha value is -1.96. The highest BCUT2D eigenvalue weighted by Gasteiger charge is 2.58. The SMILES string of the molecule is CN(C(=O)C1(C(=O)NCc2ccc(F)cc2)CC1)C1CCS(=O)(=O)C1. The van der Waals surface area contributed by atoms with Crippen LogP contribution < -0.4 is 5.32 Å². The lowest BCUT2D eigenvalue weighted by molar-refractivity contribution is -0.144. The zero-order valence-corrected chi connectivity index (χ0v) is 14.8. The molecule has 1 N–H and O–H groups in total. The van der Waals surface area contributed by atoms with E-state index in [0.717, 1.165) is 5.56 Å².